The fourth-order valence-corrected chi connectivity index (χ4v) is 10.9. The van der Waals surface area contributed by atoms with E-state index < -0.39 is 26.2 Å². The topological polar surface area (TPSA) is 97.9 Å². The highest BCUT2D eigenvalue weighted by atomic mass is 28.4. The summed E-state index contributed by atoms with van der Waals surface area (Å²) in [7, 11) is 6.25. The smallest absolute Gasteiger partial charge is 0.398 e. The van der Waals surface area contributed by atoms with Gasteiger partial charge in [0.05, 0.1) is 9.52 Å². The van der Waals surface area contributed by atoms with Gasteiger partial charge in [-0.3, -0.25) is 0 Å². The highest BCUT2D eigenvalue weighted by molar-refractivity contribution is 6.65. The third-order valence-corrected chi connectivity index (χ3v) is 17.7. The summed E-state index contributed by atoms with van der Waals surface area (Å²) in [5.74, 6) is 0.384. The summed E-state index contributed by atoms with van der Waals surface area (Å²) in [6.07, 6.45) is 6.87. The van der Waals surface area contributed by atoms with Gasteiger partial charge in [0.15, 0.2) is 0 Å². The summed E-state index contributed by atoms with van der Waals surface area (Å²) in [6.45, 7) is 3.94. The fraction of sp³-hybridized carbons (Fsp3) is 1.00. The Kier molecular flexibility index (Phi) is 21.6. The molecule has 0 aromatic heterocycles. The zero-order valence-corrected chi connectivity index (χ0v) is 28.9. The standard InChI is InChI=1S/C22H56N2O8Si4/c1-25-34(9,26-2)19-13-11-10-12-18-33-22(23-16-14-20-35(27-3,28-4)29-5)24-17-15-21-36(30-6,31-7)32-8/h22-24H,10-21,33H2,1-9H3. The largest absolute Gasteiger partial charge is 0.500 e. The SMILES string of the molecule is CO[Si](C)(CCCCCC[SiH2]C(NCCC[Si](OC)(OC)OC)NCCC[Si](OC)(OC)OC)OC. The third kappa shape index (κ3) is 14.6. The van der Waals surface area contributed by atoms with E-state index in [0.717, 1.165) is 44.1 Å². The van der Waals surface area contributed by atoms with Crippen LogP contribution in [-0.4, -0.2) is 111 Å². The molecule has 14 heteroatoms. The Balaban J connectivity index is 4.52. The monoisotopic (exact) mass is 588 g/mol. The van der Waals surface area contributed by atoms with E-state index in [0.29, 0.717) is 5.79 Å². The maximum Gasteiger partial charge on any atom is 0.500 e. The normalized spacial score (nSPS) is 13.5. The minimum absolute atomic E-state index is 0.328. The van der Waals surface area contributed by atoms with Gasteiger partial charge in [0.2, 0.25) is 0 Å². The van der Waals surface area contributed by atoms with Crippen LogP contribution in [-0.2, 0) is 35.4 Å². The van der Waals surface area contributed by atoms with Gasteiger partial charge < -0.3 is 46.0 Å². The minimum Gasteiger partial charge on any atom is -0.398 e. The Morgan fingerprint density at radius 3 is 1.33 bits per heavy atom. The summed E-state index contributed by atoms with van der Waals surface area (Å²) in [5, 5.41) is 7.48. The van der Waals surface area contributed by atoms with Gasteiger partial charge in [-0.1, -0.05) is 31.7 Å². The molecular weight excluding hydrogens is 533 g/mol. The molecule has 0 atom stereocenters. The van der Waals surface area contributed by atoms with Crippen molar-refractivity contribution in [2.75, 3.05) is 70.0 Å². The first kappa shape index (κ1) is 36.5. The van der Waals surface area contributed by atoms with Crippen LogP contribution in [0.2, 0.25) is 30.7 Å². The Labute approximate surface area is 226 Å². The molecule has 0 radical (unpaired) electrons. The van der Waals surface area contributed by atoms with E-state index in [1.54, 1.807) is 56.9 Å². The van der Waals surface area contributed by atoms with Crippen molar-refractivity contribution in [3.8, 4) is 0 Å². The molecule has 0 aliphatic heterocycles. The second-order valence-corrected chi connectivity index (χ2v) is 21.0. The molecule has 0 saturated heterocycles. The third-order valence-electron chi connectivity index (χ3n) is 6.95. The average Bonchev–Trinajstić information content (AvgIpc) is 2.92. The van der Waals surface area contributed by atoms with Crippen molar-refractivity contribution >= 4 is 35.7 Å². The summed E-state index contributed by atoms with van der Waals surface area (Å²) in [4.78, 5) is 0. The van der Waals surface area contributed by atoms with Crippen LogP contribution in [0, 0.1) is 0 Å². The summed E-state index contributed by atoms with van der Waals surface area (Å²) in [6, 6.07) is 3.97. The van der Waals surface area contributed by atoms with E-state index in [-0.39, 0.29) is 9.52 Å². The molecule has 0 spiro atoms. The molecule has 0 aromatic rings. The number of hydrogen-bond donors (Lipinski definition) is 2. The molecule has 0 fully saturated rings. The van der Waals surface area contributed by atoms with Gasteiger partial charge in [-0.25, -0.2) is 0 Å². The predicted octanol–water partition coefficient (Wildman–Crippen LogP) is 2.50. The second-order valence-electron chi connectivity index (χ2n) is 9.11. The molecule has 0 aromatic carbocycles. The maximum atomic E-state index is 5.59. The first-order valence-corrected chi connectivity index (χ1v) is 21.4. The molecule has 0 aliphatic carbocycles. The zero-order valence-electron chi connectivity index (χ0n) is 24.5. The molecule has 218 valence electrons. The summed E-state index contributed by atoms with van der Waals surface area (Å²) in [5.41, 5.74) is 0. The Morgan fingerprint density at radius 2 is 0.944 bits per heavy atom. The average molecular weight is 589 g/mol. The van der Waals surface area contributed by atoms with Crippen LogP contribution in [0.5, 0.6) is 0 Å². The maximum absolute atomic E-state index is 5.59. The zero-order chi connectivity index (χ0) is 27.3. The lowest BCUT2D eigenvalue weighted by Crippen LogP contribution is -2.49. The van der Waals surface area contributed by atoms with Gasteiger partial charge in [0.1, 0.15) is 0 Å². The minimum atomic E-state index is -2.52. The van der Waals surface area contributed by atoms with E-state index in [1.807, 2.05) is 0 Å². The molecule has 2 N–H and O–H groups in total. The summed E-state index contributed by atoms with van der Waals surface area (Å²) >= 11 is 0. The highest BCUT2D eigenvalue weighted by Gasteiger charge is 2.37. The van der Waals surface area contributed by atoms with Gasteiger partial charge in [0, 0.05) is 74.8 Å². The lowest BCUT2D eigenvalue weighted by molar-refractivity contribution is 0.122. The van der Waals surface area contributed by atoms with Crippen LogP contribution in [0.25, 0.3) is 0 Å². The molecule has 0 bridgehead atoms. The van der Waals surface area contributed by atoms with Crippen molar-refractivity contribution in [2.45, 2.75) is 75.0 Å². The van der Waals surface area contributed by atoms with Crippen molar-refractivity contribution in [3.05, 3.63) is 0 Å². The molecule has 36 heavy (non-hydrogen) atoms. The molecule has 0 heterocycles. The van der Waals surface area contributed by atoms with Crippen molar-refractivity contribution in [1.29, 1.82) is 0 Å². The van der Waals surface area contributed by atoms with Crippen LogP contribution in [0.15, 0.2) is 0 Å². The predicted molar refractivity (Wildman–Crippen MR) is 154 cm³/mol. The Morgan fingerprint density at radius 1 is 0.528 bits per heavy atom. The van der Waals surface area contributed by atoms with Crippen LogP contribution in [0.1, 0.15) is 38.5 Å². The molecule has 10 nitrogen and oxygen atoms in total. The van der Waals surface area contributed by atoms with Crippen molar-refractivity contribution in [1.82, 2.24) is 10.6 Å². The number of unbranched alkanes of at least 4 members (excludes halogenated alkanes) is 3. The van der Waals surface area contributed by atoms with Crippen molar-refractivity contribution < 1.29 is 35.4 Å². The van der Waals surface area contributed by atoms with Crippen LogP contribution >= 0.6 is 0 Å². The molecular formula is C22H56N2O8Si4. The van der Waals surface area contributed by atoms with Gasteiger partial charge in [-0.05, 0) is 38.5 Å². The highest BCUT2D eigenvalue weighted by Crippen LogP contribution is 2.18. The van der Waals surface area contributed by atoms with E-state index in [9.17, 15) is 0 Å². The Bertz CT molecular complexity index is 472. The number of rotatable bonds is 26. The van der Waals surface area contributed by atoms with Gasteiger partial charge in [0.25, 0.3) is 0 Å². The van der Waals surface area contributed by atoms with Crippen molar-refractivity contribution in [3.63, 3.8) is 0 Å². The molecule has 0 aliphatic rings. The number of nitrogens with one attached hydrogen (secondary N) is 2. The number of hydrogen-bond acceptors (Lipinski definition) is 10. The first-order valence-electron chi connectivity index (χ1n) is 13.2. The molecule has 0 rings (SSSR count). The van der Waals surface area contributed by atoms with Crippen molar-refractivity contribution in [2.24, 2.45) is 0 Å². The van der Waals surface area contributed by atoms with E-state index in [1.165, 1.54) is 31.7 Å². The molecule has 0 amide bonds. The van der Waals surface area contributed by atoms with Gasteiger partial charge in [-0.2, -0.15) is 0 Å². The van der Waals surface area contributed by atoms with E-state index in [4.69, 9.17) is 35.4 Å². The van der Waals surface area contributed by atoms with Crippen LogP contribution in [0.4, 0.5) is 0 Å². The van der Waals surface area contributed by atoms with Crippen LogP contribution < -0.4 is 10.6 Å². The lowest BCUT2D eigenvalue weighted by atomic mass is 10.2. The quantitative estimate of drug-likeness (QED) is 0.0891. The summed E-state index contributed by atoms with van der Waals surface area (Å²) < 4.78 is 44.5. The second kappa shape index (κ2) is 21.3. The molecule has 0 unspecified atom stereocenters. The molecule has 0 saturated carbocycles. The van der Waals surface area contributed by atoms with E-state index in [2.05, 4.69) is 17.2 Å². The van der Waals surface area contributed by atoms with Gasteiger partial charge in [-0.15, -0.1) is 0 Å². The van der Waals surface area contributed by atoms with E-state index >= 15 is 0 Å². The Hall–Kier alpha value is 0.468. The lowest BCUT2D eigenvalue weighted by Gasteiger charge is -2.26. The first-order chi connectivity index (χ1) is 17.3. The van der Waals surface area contributed by atoms with Gasteiger partial charge >= 0.3 is 26.2 Å². The van der Waals surface area contributed by atoms with Crippen LogP contribution in [0.3, 0.4) is 0 Å². The fourth-order valence-electron chi connectivity index (χ4n) is 4.16.